The zero-order chi connectivity index (χ0) is 18.6. The minimum absolute atomic E-state index is 0.163. The van der Waals surface area contributed by atoms with E-state index in [2.05, 4.69) is 40.7 Å². The molecule has 0 bridgehead atoms. The SMILES string of the molecule is CCn1c(=NC(=O)CCOc2ccccc2)sc2c3ccccc3ccc21. The van der Waals surface area contributed by atoms with Crippen molar-refractivity contribution >= 4 is 38.2 Å². The second kappa shape index (κ2) is 7.76. The molecule has 0 saturated carbocycles. The lowest BCUT2D eigenvalue weighted by molar-refractivity contribution is -0.118. The van der Waals surface area contributed by atoms with Crippen LogP contribution in [0.4, 0.5) is 0 Å². The lowest BCUT2D eigenvalue weighted by Gasteiger charge is -2.03. The average Bonchev–Trinajstić information content (AvgIpc) is 3.06. The van der Waals surface area contributed by atoms with Crippen molar-refractivity contribution in [3.05, 3.63) is 71.5 Å². The average molecular weight is 376 g/mol. The summed E-state index contributed by atoms with van der Waals surface area (Å²) in [6.45, 7) is 3.17. The van der Waals surface area contributed by atoms with Gasteiger partial charge in [0.25, 0.3) is 5.91 Å². The van der Waals surface area contributed by atoms with Crippen molar-refractivity contribution in [1.29, 1.82) is 0 Å². The van der Waals surface area contributed by atoms with Gasteiger partial charge >= 0.3 is 0 Å². The van der Waals surface area contributed by atoms with Gasteiger partial charge in [0, 0.05) is 11.9 Å². The van der Waals surface area contributed by atoms with E-state index in [1.54, 1.807) is 11.3 Å². The fourth-order valence-corrected chi connectivity index (χ4v) is 4.37. The van der Waals surface area contributed by atoms with Gasteiger partial charge in [-0.2, -0.15) is 4.99 Å². The molecule has 0 spiro atoms. The summed E-state index contributed by atoms with van der Waals surface area (Å²) in [5.41, 5.74) is 1.12. The van der Waals surface area contributed by atoms with E-state index in [1.165, 1.54) is 15.5 Å². The molecule has 0 saturated heterocycles. The molecule has 0 aliphatic carbocycles. The van der Waals surface area contributed by atoms with Crippen LogP contribution in [0, 0.1) is 0 Å². The number of ether oxygens (including phenoxy) is 1. The normalized spacial score (nSPS) is 12.0. The van der Waals surface area contributed by atoms with Crippen LogP contribution in [0.5, 0.6) is 5.75 Å². The molecule has 0 aliphatic heterocycles. The maximum absolute atomic E-state index is 12.4. The molecule has 4 nitrogen and oxygen atoms in total. The maximum Gasteiger partial charge on any atom is 0.251 e. The number of nitrogens with zero attached hydrogens (tertiary/aromatic N) is 2. The van der Waals surface area contributed by atoms with Crippen LogP contribution in [0.25, 0.3) is 21.0 Å². The molecule has 0 atom stereocenters. The van der Waals surface area contributed by atoms with Crippen molar-refractivity contribution in [2.75, 3.05) is 6.61 Å². The summed E-state index contributed by atoms with van der Waals surface area (Å²) in [6, 6.07) is 22.0. The molecule has 1 heterocycles. The van der Waals surface area contributed by atoms with Crippen molar-refractivity contribution < 1.29 is 9.53 Å². The lowest BCUT2D eigenvalue weighted by atomic mass is 10.1. The van der Waals surface area contributed by atoms with Crippen molar-refractivity contribution in [3.63, 3.8) is 0 Å². The molecular formula is C22H20N2O2S. The number of aryl methyl sites for hydroxylation is 1. The minimum atomic E-state index is -0.163. The number of thiazole rings is 1. The molecule has 27 heavy (non-hydrogen) atoms. The predicted molar refractivity (Wildman–Crippen MR) is 110 cm³/mol. The van der Waals surface area contributed by atoms with Crippen LogP contribution in [0.15, 0.2) is 71.7 Å². The number of aromatic nitrogens is 1. The molecule has 136 valence electrons. The van der Waals surface area contributed by atoms with Gasteiger partial charge in [0.05, 0.1) is 23.2 Å². The van der Waals surface area contributed by atoms with Gasteiger partial charge in [0.2, 0.25) is 0 Å². The number of fused-ring (bicyclic) bond motifs is 3. The Kier molecular flexibility index (Phi) is 5.03. The Bertz CT molecular complexity index is 1160. The predicted octanol–water partition coefficient (Wildman–Crippen LogP) is 4.77. The van der Waals surface area contributed by atoms with E-state index >= 15 is 0 Å². The molecule has 0 N–H and O–H groups in total. The standard InChI is InChI=1S/C22H20N2O2S/c1-2-24-19-13-12-16-8-6-7-11-18(16)21(19)27-22(24)23-20(25)14-15-26-17-9-4-3-5-10-17/h3-13H,2,14-15H2,1H3. The van der Waals surface area contributed by atoms with Gasteiger partial charge in [0.15, 0.2) is 4.80 Å². The van der Waals surface area contributed by atoms with Crippen molar-refractivity contribution in [1.82, 2.24) is 4.57 Å². The van der Waals surface area contributed by atoms with Crippen LogP contribution < -0.4 is 9.54 Å². The van der Waals surface area contributed by atoms with E-state index in [9.17, 15) is 4.79 Å². The third kappa shape index (κ3) is 3.64. The Morgan fingerprint density at radius 3 is 2.63 bits per heavy atom. The monoisotopic (exact) mass is 376 g/mol. The molecule has 0 radical (unpaired) electrons. The van der Waals surface area contributed by atoms with E-state index in [0.717, 1.165) is 22.6 Å². The molecular weight excluding hydrogens is 356 g/mol. The molecule has 1 amide bonds. The lowest BCUT2D eigenvalue weighted by Crippen LogP contribution is -2.16. The highest BCUT2D eigenvalue weighted by atomic mass is 32.1. The molecule has 0 unspecified atom stereocenters. The van der Waals surface area contributed by atoms with Crippen molar-refractivity contribution in [2.45, 2.75) is 19.9 Å². The Morgan fingerprint density at radius 1 is 1.04 bits per heavy atom. The first kappa shape index (κ1) is 17.5. The van der Waals surface area contributed by atoms with Crippen LogP contribution in [-0.4, -0.2) is 17.1 Å². The summed E-state index contributed by atoms with van der Waals surface area (Å²) in [5.74, 6) is 0.603. The van der Waals surface area contributed by atoms with Gasteiger partial charge in [-0.1, -0.05) is 59.9 Å². The summed E-state index contributed by atoms with van der Waals surface area (Å²) < 4.78 is 8.87. The summed E-state index contributed by atoms with van der Waals surface area (Å²) in [4.78, 5) is 17.5. The number of amides is 1. The van der Waals surface area contributed by atoms with Gasteiger partial charge in [-0.25, -0.2) is 0 Å². The molecule has 0 fully saturated rings. The number of hydrogen-bond acceptors (Lipinski definition) is 3. The van der Waals surface area contributed by atoms with Crippen molar-refractivity contribution in [3.8, 4) is 5.75 Å². The fourth-order valence-electron chi connectivity index (χ4n) is 3.13. The molecule has 4 aromatic rings. The number of para-hydroxylation sites is 1. The van der Waals surface area contributed by atoms with E-state index in [-0.39, 0.29) is 12.3 Å². The fraction of sp³-hybridized carbons (Fsp3) is 0.182. The summed E-state index contributed by atoms with van der Waals surface area (Å²) in [6.07, 6.45) is 0.258. The Morgan fingerprint density at radius 2 is 1.81 bits per heavy atom. The topological polar surface area (TPSA) is 43.6 Å². The van der Waals surface area contributed by atoms with Crippen LogP contribution in [0.2, 0.25) is 0 Å². The van der Waals surface area contributed by atoms with Crippen LogP contribution in [0.3, 0.4) is 0 Å². The Balaban J connectivity index is 1.62. The molecule has 1 aromatic heterocycles. The van der Waals surface area contributed by atoms with Gasteiger partial charge in [0.1, 0.15) is 5.75 Å². The summed E-state index contributed by atoms with van der Waals surface area (Å²) >= 11 is 1.57. The number of carbonyl (C=O) groups is 1. The second-order valence-electron chi connectivity index (χ2n) is 6.18. The first-order chi connectivity index (χ1) is 13.3. The van der Waals surface area contributed by atoms with Gasteiger partial charge in [-0.3, -0.25) is 4.79 Å². The van der Waals surface area contributed by atoms with Gasteiger partial charge < -0.3 is 9.30 Å². The first-order valence-corrected chi connectivity index (χ1v) is 9.84. The van der Waals surface area contributed by atoms with Crippen LogP contribution in [0.1, 0.15) is 13.3 Å². The van der Waals surface area contributed by atoms with Gasteiger partial charge in [-0.05, 0) is 30.5 Å². The van der Waals surface area contributed by atoms with E-state index in [0.29, 0.717) is 6.61 Å². The van der Waals surface area contributed by atoms with Crippen LogP contribution >= 0.6 is 11.3 Å². The second-order valence-corrected chi connectivity index (χ2v) is 7.16. The quantitative estimate of drug-likeness (QED) is 0.503. The largest absolute Gasteiger partial charge is 0.493 e. The number of carbonyl (C=O) groups excluding carboxylic acids is 1. The third-order valence-electron chi connectivity index (χ3n) is 4.44. The minimum Gasteiger partial charge on any atom is -0.493 e. The highest BCUT2D eigenvalue weighted by molar-refractivity contribution is 7.17. The molecule has 0 aliphatic rings. The number of hydrogen-bond donors (Lipinski definition) is 0. The van der Waals surface area contributed by atoms with Gasteiger partial charge in [-0.15, -0.1) is 0 Å². The van der Waals surface area contributed by atoms with Crippen molar-refractivity contribution in [2.24, 2.45) is 4.99 Å². The van der Waals surface area contributed by atoms with Crippen LogP contribution in [-0.2, 0) is 11.3 Å². The molecule has 4 rings (SSSR count). The van der Waals surface area contributed by atoms with E-state index in [1.807, 2.05) is 42.5 Å². The molecule has 3 aromatic carbocycles. The van der Waals surface area contributed by atoms with E-state index in [4.69, 9.17) is 4.74 Å². The highest BCUT2D eigenvalue weighted by Gasteiger charge is 2.10. The summed E-state index contributed by atoms with van der Waals surface area (Å²) in [7, 11) is 0. The summed E-state index contributed by atoms with van der Waals surface area (Å²) in [5, 5.41) is 2.40. The Hall–Kier alpha value is -2.92. The number of benzene rings is 3. The maximum atomic E-state index is 12.4. The molecule has 5 heteroatoms. The zero-order valence-electron chi connectivity index (χ0n) is 15.1. The third-order valence-corrected chi connectivity index (χ3v) is 5.57. The van der Waals surface area contributed by atoms with E-state index < -0.39 is 0 Å². The first-order valence-electron chi connectivity index (χ1n) is 9.03. The Labute approximate surface area is 161 Å². The highest BCUT2D eigenvalue weighted by Crippen LogP contribution is 2.27. The smallest absolute Gasteiger partial charge is 0.251 e. The zero-order valence-corrected chi connectivity index (χ0v) is 15.9. The number of rotatable bonds is 5.